The first-order chi connectivity index (χ1) is 13.2. The van der Waals surface area contributed by atoms with Gasteiger partial charge in [-0.15, -0.1) is 0 Å². The van der Waals surface area contributed by atoms with Crippen LogP contribution in [-0.2, 0) is 19.8 Å². The SMILES string of the molecule is CCn1nc(C)c(CN(C)C(=O)c2ccn(Cn3nc(C)c(Br)c3C)n2)c1C. The van der Waals surface area contributed by atoms with E-state index in [4.69, 9.17) is 0 Å². The van der Waals surface area contributed by atoms with Gasteiger partial charge in [0.25, 0.3) is 5.91 Å². The topological polar surface area (TPSA) is 73.8 Å². The summed E-state index contributed by atoms with van der Waals surface area (Å²) in [5.41, 5.74) is 5.52. The van der Waals surface area contributed by atoms with Gasteiger partial charge in [-0.25, -0.2) is 4.68 Å². The molecule has 8 nitrogen and oxygen atoms in total. The van der Waals surface area contributed by atoms with Crippen LogP contribution in [-0.4, -0.2) is 47.2 Å². The predicted molar refractivity (Wildman–Crippen MR) is 110 cm³/mol. The summed E-state index contributed by atoms with van der Waals surface area (Å²) in [6.45, 7) is 11.8. The number of rotatable bonds is 6. The number of halogens is 1. The summed E-state index contributed by atoms with van der Waals surface area (Å²) in [5, 5.41) is 13.5. The molecule has 3 aromatic rings. The van der Waals surface area contributed by atoms with E-state index in [0.717, 1.165) is 39.4 Å². The van der Waals surface area contributed by atoms with E-state index in [1.165, 1.54) is 0 Å². The average Bonchev–Trinajstić information content (AvgIpc) is 3.31. The number of carbonyl (C=O) groups excluding carboxylic acids is 1. The molecular formula is C19H26BrN7O. The summed E-state index contributed by atoms with van der Waals surface area (Å²) in [6.07, 6.45) is 1.80. The maximum absolute atomic E-state index is 12.8. The number of nitrogens with zero attached hydrogens (tertiary/aromatic N) is 7. The third kappa shape index (κ3) is 3.76. The molecule has 0 N–H and O–H groups in total. The Kier molecular flexibility index (Phi) is 5.74. The van der Waals surface area contributed by atoms with E-state index in [0.29, 0.717) is 18.9 Å². The van der Waals surface area contributed by atoms with Crippen LogP contribution in [0.2, 0.25) is 0 Å². The van der Waals surface area contributed by atoms with E-state index >= 15 is 0 Å². The lowest BCUT2D eigenvalue weighted by Crippen LogP contribution is -2.27. The molecule has 3 aromatic heterocycles. The van der Waals surface area contributed by atoms with E-state index in [1.54, 1.807) is 28.9 Å². The Balaban J connectivity index is 1.73. The molecule has 28 heavy (non-hydrogen) atoms. The highest BCUT2D eigenvalue weighted by Gasteiger charge is 2.19. The van der Waals surface area contributed by atoms with Crippen LogP contribution in [0.5, 0.6) is 0 Å². The van der Waals surface area contributed by atoms with Gasteiger partial charge in [0.2, 0.25) is 0 Å². The number of aromatic nitrogens is 6. The normalized spacial score (nSPS) is 11.2. The zero-order chi connectivity index (χ0) is 20.6. The highest BCUT2D eigenvalue weighted by atomic mass is 79.9. The molecule has 0 bridgehead atoms. The van der Waals surface area contributed by atoms with Crippen LogP contribution in [0, 0.1) is 27.7 Å². The smallest absolute Gasteiger partial charge is 0.274 e. The average molecular weight is 448 g/mol. The summed E-state index contributed by atoms with van der Waals surface area (Å²) in [6, 6.07) is 1.74. The van der Waals surface area contributed by atoms with Gasteiger partial charge in [0.15, 0.2) is 0 Å². The fourth-order valence-corrected chi connectivity index (χ4v) is 3.56. The Bertz CT molecular complexity index is 1010. The molecule has 0 aliphatic carbocycles. The zero-order valence-electron chi connectivity index (χ0n) is 17.2. The Morgan fingerprint density at radius 1 is 1.07 bits per heavy atom. The van der Waals surface area contributed by atoms with E-state index in [-0.39, 0.29) is 5.91 Å². The molecule has 3 rings (SSSR count). The largest absolute Gasteiger partial charge is 0.336 e. The van der Waals surface area contributed by atoms with Gasteiger partial charge in [-0.3, -0.25) is 14.2 Å². The summed E-state index contributed by atoms with van der Waals surface area (Å²) < 4.78 is 6.54. The van der Waals surface area contributed by atoms with Crippen LogP contribution in [0.4, 0.5) is 0 Å². The predicted octanol–water partition coefficient (Wildman–Crippen LogP) is 3.07. The molecule has 0 saturated carbocycles. The lowest BCUT2D eigenvalue weighted by molar-refractivity contribution is 0.0777. The second-order valence-electron chi connectivity index (χ2n) is 6.99. The number of amides is 1. The second-order valence-corrected chi connectivity index (χ2v) is 7.79. The summed E-state index contributed by atoms with van der Waals surface area (Å²) in [4.78, 5) is 14.5. The molecule has 0 aromatic carbocycles. The lowest BCUT2D eigenvalue weighted by Gasteiger charge is -2.16. The second kappa shape index (κ2) is 7.90. The number of carbonyl (C=O) groups is 1. The fourth-order valence-electron chi connectivity index (χ4n) is 3.28. The summed E-state index contributed by atoms with van der Waals surface area (Å²) in [5.74, 6) is -0.114. The molecule has 0 radical (unpaired) electrons. The fraction of sp³-hybridized carbons (Fsp3) is 0.474. The van der Waals surface area contributed by atoms with Crippen molar-refractivity contribution < 1.29 is 4.79 Å². The third-order valence-electron chi connectivity index (χ3n) is 5.00. The van der Waals surface area contributed by atoms with Crippen LogP contribution in [0.25, 0.3) is 0 Å². The number of aryl methyl sites for hydroxylation is 3. The van der Waals surface area contributed by atoms with Crippen molar-refractivity contribution in [1.29, 1.82) is 0 Å². The molecule has 3 heterocycles. The van der Waals surface area contributed by atoms with Crippen molar-refractivity contribution in [3.8, 4) is 0 Å². The number of hydrogen-bond acceptors (Lipinski definition) is 4. The molecule has 0 fully saturated rings. The standard InChI is InChI=1S/C19H26BrN7O/c1-7-26-14(4)16(12(2)21-26)10-24(6)19(28)17-8-9-25(23-17)11-27-15(5)18(20)13(3)22-27/h8-9H,7,10-11H2,1-6H3. The van der Waals surface area contributed by atoms with Gasteiger partial charge < -0.3 is 4.90 Å². The summed E-state index contributed by atoms with van der Waals surface area (Å²) >= 11 is 3.53. The van der Waals surface area contributed by atoms with Crippen molar-refractivity contribution in [2.24, 2.45) is 0 Å². The molecule has 0 spiro atoms. The minimum atomic E-state index is -0.114. The first-order valence-electron chi connectivity index (χ1n) is 9.24. The van der Waals surface area contributed by atoms with Gasteiger partial charge in [-0.05, 0) is 56.6 Å². The van der Waals surface area contributed by atoms with Crippen molar-refractivity contribution in [2.45, 2.75) is 54.4 Å². The highest BCUT2D eigenvalue weighted by Crippen LogP contribution is 2.20. The van der Waals surface area contributed by atoms with Gasteiger partial charge in [-0.2, -0.15) is 15.3 Å². The molecule has 150 valence electrons. The van der Waals surface area contributed by atoms with Crippen molar-refractivity contribution in [2.75, 3.05) is 7.05 Å². The quantitative estimate of drug-likeness (QED) is 0.581. The zero-order valence-corrected chi connectivity index (χ0v) is 18.8. The van der Waals surface area contributed by atoms with Crippen molar-refractivity contribution in [3.05, 3.63) is 50.8 Å². The molecule has 9 heteroatoms. The van der Waals surface area contributed by atoms with E-state index < -0.39 is 0 Å². The molecular weight excluding hydrogens is 422 g/mol. The number of hydrogen-bond donors (Lipinski definition) is 0. The minimum Gasteiger partial charge on any atom is -0.336 e. The van der Waals surface area contributed by atoms with Crippen LogP contribution in [0.1, 0.15) is 45.8 Å². The Labute approximate surface area is 173 Å². The molecule has 0 saturated heterocycles. The maximum atomic E-state index is 12.8. The van der Waals surface area contributed by atoms with E-state index in [9.17, 15) is 4.79 Å². The summed E-state index contributed by atoms with van der Waals surface area (Å²) in [7, 11) is 1.79. The minimum absolute atomic E-state index is 0.114. The van der Waals surface area contributed by atoms with Crippen LogP contribution < -0.4 is 0 Å². The van der Waals surface area contributed by atoms with Crippen molar-refractivity contribution in [3.63, 3.8) is 0 Å². The van der Waals surface area contributed by atoms with Gasteiger partial charge in [0.05, 0.1) is 21.6 Å². The monoisotopic (exact) mass is 447 g/mol. The van der Waals surface area contributed by atoms with Crippen molar-refractivity contribution in [1.82, 2.24) is 34.2 Å². The highest BCUT2D eigenvalue weighted by molar-refractivity contribution is 9.10. The molecule has 0 aliphatic rings. The van der Waals surface area contributed by atoms with Crippen molar-refractivity contribution >= 4 is 21.8 Å². The first-order valence-corrected chi connectivity index (χ1v) is 10.0. The van der Waals surface area contributed by atoms with Gasteiger partial charge in [-0.1, -0.05) is 0 Å². The lowest BCUT2D eigenvalue weighted by atomic mass is 10.2. The molecule has 0 aliphatic heterocycles. The van der Waals surface area contributed by atoms with Crippen LogP contribution in [0.15, 0.2) is 16.7 Å². The van der Waals surface area contributed by atoms with Crippen LogP contribution >= 0.6 is 15.9 Å². The third-order valence-corrected chi connectivity index (χ3v) is 6.15. The first kappa shape index (κ1) is 20.3. The van der Waals surface area contributed by atoms with E-state index in [1.807, 2.05) is 37.1 Å². The molecule has 0 unspecified atom stereocenters. The van der Waals surface area contributed by atoms with Gasteiger partial charge >= 0.3 is 0 Å². The molecule has 0 atom stereocenters. The Morgan fingerprint density at radius 3 is 2.32 bits per heavy atom. The van der Waals surface area contributed by atoms with Crippen LogP contribution in [0.3, 0.4) is 0 Å². The van der Waals surface area contributed by atoms with Gasteiger partial charge in [0.1, 0.15) is 12.4 Å². The Morgan fingerprint density at radius 2 is 1.75 bits per heavy atom. The maximum Gasteiger partial charge on any atom is 0.274 e. The van der Waals surface area contributed by atoms with Gasteiger partial charge in [0, 0.05) is 37.6 Å². The molecule has 1 amide bonds. The Hall–Kier alpha value is -2.42. The van der Waals surface area contributed by atoms with E-state index in [2.05, 4.69) is 38.1 Å².